The molecule has 3 N–H and O–H groups in total. The number of nitrogens with zero attached hydrogens (tertiary/aromatic N) is 2. The molecule has 0 aliphatic heterocycles. The lowest BCUT2D eigenvalue weighted by molar-refractivity contribution is -0.384. The fraction of sp³-hybridized carbons (Fsp3) is 0.308. The monoisotopic (exact) mass is 276 g/mol. The van der Waals surface area contributed by atoms with Crippen LogP contribution in [-0.2, 0) is 0 Å². The summed E-state index contributed by atoms with van der Waals surface area (Å²) in [4.78, 5) is 14.3. The van der Waals surface area contributed by atoms with Gasteiger partial charge < -0.3 is 15.5 Å². The van der Waals surface area contributed by atoms with E-state index >= 15 is 0 Å². The molecule has 0 aromatic carbocycles. The SMILES string of the molecule is Cc1cc(C(C)Nc2cc([N+](=O)[O-])cc(N)n2)c(C)o1. The molecule has 2 heterocycles. The molecule has 0 fully saturated rings. The van der Waals surface area contributed by atoms with Crippen molar-refractivity contribution in [2.75, 3.05) is 11.1 Å². The number of hydrogen-bond donors (Lipinski definition) is 2. The molecule has 1 unspecified atom stereocenters. The highest BCUT2D eigenvalue weighted by molar-refractivity contribution is 5.53. The predicted molar refractivity (Wildman–Crippen MR) is 75.5 cm³/mol. The van der Waals surface area contributed by atoms with Gasteiger partial charge in [0.25, 0.3) is 5.69 Å². The summed E-state index contributed by atoms with van der Waals surface area (Å²) in [6.45, 7) is 5.66. The quantitative estimate of drug-likeness (QED) is 0.656. The highest BCUT2D eigenvalue weighted by atomic mass is 16.6. The first-order valence-corrected chi connectivity index (χ1v) is 6.12. The second-order valence-corrected chi connectivity index (χ2v) is 4.63. The van der Waals surface area contributed by atoms with Crippen molar-refractivity contribution in [3.63, 3.8) is 0 Å². The number of nitrogen functional groups attached to an aromatic ring is 1. The Hall–Kier alpha value is -2.57. The van der Waals surface area contributed by atoms with E-state index in [0.717, 1.165) is 17.1 Å². The summed E-state index contributed by atoms with van der Waals surface area (Å²) in [5, 5.41) is 13.9. The maximum Gasteiger partial charge on any atom is 0.276 e. The van der Waals surface area contributed by atoms with Gasteiger partial charge in [0.05, 0.1) is 23.1 Å². The second kappa shape index (κ2) is 5.20. The fourth-order valence-electron chi connectivity index (χ4n) is 2.10. The molecule has 0 saturated heterocycles. The van der Waals surface area contributed by atoms with Crippen molar-refractivity contribution in [3.05, 3.63) is 45.4 Å². The van der Waals surface area contributed by atoms with Crippen LogP contribution in [0.5, 0.6) is 0 Å². The summed E-state index contributed by atoms with van der Waals surface area (Å²) in [6.07, 6.45) is 0. The molecule has 7 nitrogen and oxygen atoms in total. The topological polar surface area (TPSA) is 107 Å². The van der Waals surface area contributed by atoms with E-state index in [1.165, 1.54) is 12.1 Å². The smallest absolute Gasteiger partial charge is 0.276 e. The summed E-state index contributed by atoms with van der Waals surface area (Å²) in [5.74, 6) is 2.09. The number of rotatable bonds is 4. The van der Waals surface area contributed by atoms with Crippen LogP contribution in [0, 0.1) is 24.0 Å². The molecule has 2 aromatic rings. The van der Waals surface area contributed by atoms with Gasteiger partial charge in [-0.3, -0.25) is 10.1 Å². The van der Waals surface area contributed by atoms with Crippen LogP contribution in [0.3, 0.4) is 0 Å². The first-order valence-electron chi connectivity index (χ1n) is 6.12. The molecule has 1 atom stereocenters. The lowest BCUT2D eigenvalue weighted by Gasteiger charge is -2.14. The van der Waals surface area contributed by atoms with Gasteiger partial charge in [0.1, 0.15) is 23.2 Å². The van der Waals surface area contributed by atoms with Crippen molar-refractivity contribution in [1.82, 2.24) is 4.98 Å². The molecular weight excluding hydrogens is 260 g/mol. The van der Waals surface area contributed by atoms with Gasteiger partial charge in [0.2, 0.25) is 0 Å². The standard InChI is InChI=1S/C13H16N4O3/c1-7-4-11(9(3)20-7)8(2)15-13-6-10(17(18)19)5-12(14)16-13/h4-6,8H,1-3H3,(H3,14,15,16). The number of aryl methyl sites for hydroxylation is 2. The third-order valence-electron chi connectivity index (χ3n) is 2.95. The lowest BCUT2D eigenvalue weighted by atomic mass is 10.1. The van der Waals surface area contributed by atoms with Gasteiger partial charge in [-0.2, -0.15) is 0 Å². The van der Waals surface area contributed by atoms with Crippen LogP contribution in [-0.4, -0.2) is 9.91 Å². The van der Waals surface area contributed by atoms with E-state index in [4.69, 9.17) is 10.2 Å². The zero-order chi connectivity index (χ0) is 14.9. The summed E-state index contributed by atoms with van der Waals surface area (Å²) in [7, 11) is 0. The van der Waals surface area contributed by atoms with Crippen LogP contribution < -0.4 is 11.1 Å². The first-order chi connectivity index (χ1) is 9.36. The van der Waals surface area contributed by atoms with Crippen molar-refractivity contribution >= 4 is 17.3 Å². The van der Waals surface area contributed by atoms with E-state index in [2.05, 4.69) is 10.3 Å². The van der Waals surface area contributed by atoms with Crippen LogP contribution in [0.4, 0.5) is 17.3 Å². The van der Waals surface area contributed by atoms with Gasteiger partial charge >= 0.3 is 0 Å². The lowest BCUT2D eigenvalue weighted by Crippen LogP contribution is -2.09. The molecule has 0 saturated carbocycles. The molecule has 0 spiro atoms. The number of anilines is 2. The first kappa shape index (κ1) is 13.9. The highest BCUT2D eigenvalue weighted by Crippen LogP contribution is 2.26. The van der Waals surface area contributed by atoms with E-state index in [1.807, 2.05) is 26.8 Å². The van der Waals surface area contributed by atoms with E-state index in [1.54, 1.807) is 0 Å². The minimum atomic E-state index is -0.499. The van der Waals surface area contributed by atoms with Crippen molar-refractivity contribution < 1.29 is 9.34 Å². The van der Waals surface area contributed by atoms with Gasteiger partial charge in [-0.05, 0) is 26.8 Å². The minimum Gasteiger partial charge on any atom is -0.466 e. The normalized spacial score (nSPS) is 12.2. The fourth-order valence-corrected chi connectivity index (χ4v) is 2.10. The van der Waals surface area contributed by atoms with E-state index in [9.17, 15) is 10.1 Å². The minimum absolute atomic E-state index is 0.0905. The van der Waals surface area contributed by atoms with Gasteiger partial charge in [-0.25, -0.2) is 4.98 Å². The van der Waals surface area contributed by atoms with E-state index in [0.29, 0.717) is 5.82 Å². The number of hydrogen-bond acceptors (Lipinski definition) is 6. The number of aromatic nitrogens is 1. The molecule has 2 aromatic heterocycles. The Kier molecular flexibility index (Phi) is 3.60. The second-order valence-electron chi connectivity index (χ2n) is 4.63. The molecule has 0 aliphatic carbocycles. The third-order valence-corrected chi connectivity index (χ3v) is 2.95. The van der Waals surface area contributed by atoms with E-state index < -0.39 is 4.92 Å². The Morgan fingerprint density at radius 2 is 2.10 bits per heavy atom. The Morgan fingerprint density at radius 1 is 1.40 bits per heavy atom. The van der Waals surface area contributed by atoms with Gasteiger partial charge in [-0.15, -0.1) is 0 Å². The summed E-state index contributed by atoms with van der Waals surface area (Å²) in [5.41, 5.74) is 6.46. The number of furan rings is 1. The van der Waals surface area contributed by atoms with Crippen LogP contribution >= 0.6 is 0 Å². The molecule has 0 bridgehead atoms. The Morgan fingerprint density at radius 3 is 2.65 bits per heavy atom. The zero-order valence-electron chi connectivity index (χ0n) is 11.5. The largest absolute Gasteiger partial charge is 0.466 e. The van der Waals surface area contributed by atoms with Crippen LogP contribution in [0.2, 0.25) is 0 Å². The predicted octanol–water partition coefficient (Wildman–Crippen LogP) is 2.95. The van der Waals surface area contributed by atoms with Gasteiger partial charge in [-0.1, -0.05) is 0 Å². The summed E-state index contributed by atoms with van der Waals surface area (Å²) >= 11 is 0. The third kappa shape index (κ3) is 2.87. The van der Waals surface area contributed by atoms with Gasteiger partial charge in [0, 0.05) is 5.56 Å². The number of nitro groups is 1. The van der Waals surface area contributed by atoms with Gasteiger partial charge in [0.15, 0.2) is 0 Å². The molecular formula is C13H16N4O3. The van der Waals surface area contributed by atoms with Crippen molar-refractivity contribution in [2.24, 2.45) is 0 Å². The molecule has 106 valence electrons. The number of nitrogens with one attached hydrogen (secondary N) is 1. The maximum absolute atomic E-state index is 10.8. The van der Waals surface area contributed by atoms with Crippen molar-refractivity contribution in [2.45, 2.75) is 26.8 Å². The summed E-state index contributed by atoms with van der Waals surface area (Å²) in [6, 6.07) is 4.41. The Balaban J connectivity index is 2.25. The zero-order valence-corrected chi connectivity index (χ0v) is 11.5. The Bertz CT molecular complexity index is 651. The molecule has 2 rings (SSSR count). The van der Waals surface area contributed by atoms with E-state index in [-0.39, 0.29) is 17.5 Å². The number of pyridine rings is 1. The average molecular weight is 276 g/mol. The van der Waals surface area contributed by atoms with Crippen molar-refractivity contribution in [3.8, 4) is 0 Å². The average Bonchev–Trinajstić information content (AvgIpc) is 2.67. The van der Waals surface area contributed by atoms with Crippen LogP contribution in [0.15, 0.2) is 22.6 Å². The molecule has 20 heavy (non-hydrogen) atoms. The summed E-state index contributed by atoms with van der Waals surface area (Å²) < 4.78 is 5.47. The van der Waals surface area contributed by atoms with Crippen LogP contribution in [0.25, 0.3) is 0 Å². The molecule has 0 amide bonds. The molecule has 7 heteroatoms. The molecule has 0 radical (unpaired) electrons. The van der Waals surface area contributed by atoms with Crippen LogP contribution in [0.1, 0.15) is 30.0 Å². The Labute approximate surface area is 116 Å². The number of nitrogens with two attached hydrogens (primary N) is 1. The molecule has 0 aliphatic rings. The maximum atomic E-state index is 10.8. The highest BCUT2D eigenvalue weighted by Gasteiger charge is 2.15. The van der Waals surface area contributed by atoms with Crippen molar-refractivity contribution in [1.29, 1.82) is 0 Å².